The number of aromatic nitrogens is 2. The Balaban J connectivity index is 1.79. The SMILES string of the molecule is CC(C)n1cc(NCC2CCCOC2)cn1. The van der Waals surface area contributed by atoms with Gasteiger partial charge in [-0.1, -0.05) is 0 Å². The molecule has 0 saturated carbocycles. The molecule has 1 aliphatic heterocycles. The van der Waals surface area contributed by atoms with Crippen LogP contribution >= 0.6 is 0 Å². The lowest BCUT2D eigenvalue weighted by atomic mass is 10.0. The normalized spacial score (nSPS) is 21.3. The summed E-state index contributed by atoms with van der Waals surface area (Å²) in [5.74, 6) is 0.649. The number of hydrogen-bond acceptors (Lipinski definition) is 3. The molecule has 1 aromatic rings. The first-order valence-electron chi connectivity index (χ1n) is 6.11. The van der Waals surface area contributed by atoms with E-state index in [0.29, 0.717) is 12.0 Å². The zero-order valence-electron chi connectivity index (χ0n) is 10.1. The fourth-order valence-electron chi connectivity index (χ4n) is 1.94. The molecule has 0 amide bonds. The smallest absolute Gasteiger partial charge is 0.0726 e. The molecule has 1 aromatic heterocycles. The monoisotopic (exact) mass is 223 g/mol. The molecule has 1 saturated heterocycles. The minimum atomic E-state index is 0.425. The Kier molecular flexibility index (Phi) is 3.83. The van der Waals surface area contributed by atoms with Crippen LogP contribution in [0, 0.1) is 5.92 Å². The van der Waals surface area contributed by atoms with Crippen LogP contribution in [0.5, 0.6) is 0 Å². The van der Waals surface area contributed by atoms with Crippen LogP contribution in [0.4, 0.5) is 5.69 Å². The van der Waals surface area contributed by atoms with Crippen molar-refractivity contribution < 1.29 is 4.74 Å². The third kappa shape index (κ3) is 2.98. The maximum Gasteiger partial charge on any atom is 0.0726 e. The van der Waals surface area contributed by atoms with Gasteiger partial charge in [0.25, 0.3) is 0 Å². The molecule has 1 atom stereocenters. The van der Waals surface area contributed by atoms with E-state index >= 15 is 0 Å². The Bertz CT molecular complexity index is 316. The van der Waals surface area contributed by atoms with Gasteiger partial charge >= 0.3 is 0 Å². The van der Waals surface area contributed by atoms with Crippen molar-refractivity contribution in [2.75, 3.05) is 25.1 Å². The number of ether oxygens (including phenoxy) is 1. The van der Waals surface area contributed by atoms with Gasteiger partial charge in [0, 0.05) is 25.4 Å². The van der Waals surface area contributed by atoms with Gasteiger partial charge in [-0.3, -0.25) is 4.68 Å². The highest BCUT2D eigenvalue weighted by molar-refractivity contribution is 5.38. The van der Waals surface area contributed by atoms with Crippen molar-refractivity contribution in [1.29, 1.82) is 0 Å². The Morgan fingerprint density at radius 1 is 1.62 bits per heavy atom. The summed E-state index contributed by atoms with van der Waals surface area (Å²) in [7, 11) is 0. The summed E-state index contributed by atoms with van der Waals surface area (Å²) in [5, 5.41) is 7.73. The second-order valence-corrected chi connectivity index (χ2v) is 4.77. The molecular weight excluding hydrogens is 202 g/mol. The van der Waals surface area contributed by atoms with E-state index < -0.39 is 0 Å². The molecule has 2 heterocycles. The summed E-state index contributed by atoms with van der Waals surface area (Å²) in [6.07, 6.45) is 6.42. The van der Waals surface area contributed by atoms with E-state index in [-0.39, 0.29) is 0 Å². The highest BCUT2D eigenvalue weighted by Gasteiger charge is 2.13. The molecule has 0 radical (unpaired) electrons. The standard InChI is InChI=1S/C12H21N3O/c1-10(2)15-8-12(7-14-15)13-6-11-4-3-5-16-9-11/h7-8,10-11,13H,3-6,9H2,1-2H3. The van der Waals surface area contributed by atoms with E-state index in [1.54, 1.807) is 0 Å². The third-order valence-electron chi connectivity index (χ3n) is 2.98. The maximum absolute atomic E-state index is 5.45. The molecular formula is C12H21N3O. The number of nitrogens with one attached hydrogen (secondary N) is 1. The van der Waals surface area contributed by atoms with E-state index in [0.717, 1.165) is 25.4 Å². The number of nitrogens with zero attached hydrogens (tertiary/aromatic N) is 2. The summed E-state index contributed by atoms with van der Waals surface area (Å²) >= 11 is 0. The van der Waals surface area contributed by atoms with Gasteiger partial charge in [-0.05, 0) is 32.6 Å². The molecule has 1 N–H and O–H groups in total. The van der Waals surface area contributed by atoms with E-state index in [2.05, 4.69) is 30.5 Å². The van der Waals surface area contributed by atoms with Crippen LogP contribution in [0.3, 0.4) is 0 Å². The summed E-state index contributed by atoms with van der Waals surface area (Å²) in [5.41, 5.74) is 1.11. The van der Waals surface area contributed by atoms with Gasteiger partial charge in [-0.25, -0.2) is 0 Å². The number of hydrogen-bond donors (Lipinski definition) is 1. The summed E-state index contributed by atoms with van der Waals surface area (Å²) in [4.78, 5) is 0. The quantitative estimate of drug-likeness (QED) is 0.851. The number of anilines is 1. The second kappa shape index (κ2) is 5.34. The molecule has 4 nitrogen and oxygen atoms in total. The third-order valence-corrected chi connectivity index (χ3v) is 2.98. The van der Waals surface area contributed by atoms with E-state index in [1.165, 1.54) is 12.8 Å². The Morgan fingerprint density at radius 2 is 2.50 bits per heavy atom. The van der Waals surface area contributed by atoms with E-state index in [4.69, 9.17) is 4.74 Å². The van der Waals surface area contributed by atoms with Crippen molar-refractivity contribution in [1.82, 2.24) is 9.78 Å². The average molecular weight is 223 g/mol. The van der Waals surface area contributed by atoms with E-state index in [1.807, 2.05) is 10.9 Å². The fourth-order valence-corrected chi connectivity index (χ4v) is 1.94. The van der Waals surface area contributed by atoms with Gasteiger partial charge in [-0.2, -0.15) is 5.10 Å². The highest BCUT2D eigenvalue weighted by Crippen LogP contribution is 2.15. The second-order valence-electron chi connectivity index (χ2n) is 4.77. The molecule has 0 aliphatic carbocycles. The topological polar surface area (TPSA) is 39.1 Å². The van der Waals surface area contributed by atoms with Crippen molar-refractivity contribution in [3.8, 4) is 0 Å². The summed E-state index contributed by atoms with van der Waals surface area (Å²) in [6, 6.07) is 0.425. The van der Waals surface area contributed by atoms with Crippen LogP contribution in [0.15, 0.2) is 12.4 Å². The summed E-state index contributed by atoms with van der Waals surface area (Å²) < 4.78 is 7.43. The molecule has 0 aromatic carbocycles. The minimum absolute atomic E-state index is 0.425. The van der Waals surface area contributed by atoms with Gasteiger partial charge in [0.05, 0.1) is 18.5 Å². The molecule has 1 fully saturated rings. The fraction of sp³-hybridized carbons (Fsp3) is 0.750. The van der Waals surface area contributed by atoms with Crippen molar-refractivity contribution >= 4 is 5.69 Å². The average Bonchev–Trinajstić information content (AvgIpc) is 2.76. The maximum atomic E-state index is 5.45. The molecule has 0 bridgehead atoms. The van der Waals surface area contributed by atoms with Crippen LogP contribution in [0.25, 0.3) is 0 Å². The largest absolute Gasteiger partial charge is 0.382 e. The van der Waals surface area contributed by atoms with Crippen molar-refractivity contribution in [2.24, 2.45) is 5.92 Å². The van der Waals surface area contributed by atoms with Crippen LogP contribution in [-0.2, 0) is 4.74 Å². The van der Waals surface area contributed by atoms with E-state index in [9.17, 15) is 0 Å². The predicted molar refractivity (Wildman–Crippen MR) is 64.6 cm³/mol. The molecule has 1 aliphatic rings. The van der Waals surface area contributed by atoms with Crippen LogP contribution in [-0.4, -0.2) is 29.5 Å². The molecule has 90 valence electrons. The zero-order valence-corrected chi connectivity index (χ0v) is 10.1. The van der Waals surface area contributed by atoms with Crippen LogP contribution < -0.4 is 5.32 Å². The Morgan fingerprint density at radius 3 is 3.12 bits per heavy atom. The van der Waals surface area contributed by atoms with Crippen molar-refractivity contribution in [3.63, 3.8) is 0 Å². The summed E-state index contributed by atoms with van der Waals surface area (Å²) in [6.45, 7) is 7.08. The lowest BCUT2D eigenvalue weighted by Crippen LogP contribution is -2.24. The Labute approximate surface area is 97.0 Å². The first-order chi connectivity index (χ1) is 7.75. The van der Waals surface area contributed by atoms with Crippen LogP contribution in [0.2, 0.25) is 0 Å². The Hall–Kier alpha value is -1.03. The van der Waals surface area contributed by atoms with Crippen LogP contribution in [0.1, 0.15) is 32.7 Å². The van der Waals surface area contributed by atoms with Gasteiger partial charge in [0.2, 0.25) is 0 Å². The predicted octanol–water partition coefficient (Wildman–Crippen LogP) is 2.30. The zero-order chi connectivity index (χ0) is 11.4. The van der Waals surface area contributed by atoms with Gasteiger partial charge in [-0.15, -0.1) is 0 Å². The molecule has 16 heavy (non-hydrogen) atoms. The first-order valence-corrected chi connectivity index (χ1v) is 6.11. The minimum Gasteiger partial charge on any atom is -0.382 e. The molecule has 4 heteroatoms. The molecule has 1 unspecified atom stereocenters. The molecule has 2 rings (SSSR count). The molecule has 0 spiro atoms. The van der Waals surface area contributed by atoms with Gasteiger partial charge in [0.15, 0.2) is 0 Å². The number of rotatable bonds is 4. The first kappa shape index (κ1) is 11.5. The van der Waals surface area contributed by atoms with Crippen molar-refractivity contribution in [2.45, 2.75) is 32.7 Å². The van der Waals surface area contributed by atoms with Crippen molar-refractivity contribution in [3.05, 3.63) is 12.4 Å². The lowest BCUT2D eigenvalue weighted by molar-refractivity contribution is 0.0595. The van der Waals surface area contributed by atoms with Gasteiger partial charge < -0.3 is 10.1 Å². The van der Waals surface area contributed by atoms with Gasteiger partial charge in [0.1, 0.15) is 0 Å². The highest BCUT2D eigenvalue weighted by atomic mass is 16.5. The lowest BCUT2D eigenvalue weighted by Gasteiger charge is -2.22.